The fraction of sp³-hybridized carbons (Fsp3) is 0.143. The summed E-state index contributed by atoms with van der Waals surface area (Å²) in [4.78, 5) is 18.8. The van der Waals surface area contributed by atoms with Gasteiger partial charge in [-0.15, -0.1) is 0 Å². The topological polar surface area (TPSA) is 69.4 Å². The van der Waals surface area contributed by atoms with Gasteiger partial charge in [-0.25, -0.2) is 4.98 Å². The number of hydrogen-bond donors (Lipinski definition) is 3. The van der Waals surface area contributed by atoms with Crippen LogP contribution in [0.1, 0.15) is 53.5 Å². The molecule has 5 heterocycles. The molecule has 0 spiro atoms. The van der Waals surface area contributed by atoms with Crippen LogP contribution in [0.3, 0.4) is 0 Å². The second-order valence-electron chi connectivity index (χ2n) is 14.6. The van der Waals surface area contributed by atoms with Gasteiger partial charge < -0.3 is 15.3 Å². The number of hydrogen-bond acceptors (Lipinski definition) is 3. The molecule has 1 saturated carbocycles. The van der Waals surface area contributed by atoms with E-state index in [1.165, 1.54) is 30.4 Å². The van der Waals surface area contributed by atoms with Crippen molar-refractivity contribution in [3.8, 4) is 44.5 Å². The quantitative estimate of drug-likeness (QED) is 0.162. The zero-order chi connectivity index (χ0) is 36.0. The van der Waals surface area contributed by atoms with Crippen LogP contribution in [-0.2, 0) is 12.8 Å². The lowest BCUT2D eigenvalue weighted by atomic mass is 9.80. The molecule has 3 aliphatic rings. The molecular weight excluding hydrogens is 659 g/mol. The summed E-state index contributed by atoms with van der Waals surface area (Å²) in [5.74, 6) is 0.684. The van der Waals surface area contributed by atoms with Crippen molar-refractivity contribution < 1.29 is 0 Å². The van der Waals surface area contributed by atoms with Gasteiger partial charge in [-0.2, -0.15) is 0 Å². The standard InChI is InChI=1S/C49H41N5/c1-50-37-21-19-36(20-22-37)49-44-28-26-41(53-44)47(34-11-6-3-7-12-34)39-24-23-38(51-39)46(33-9-4-2-5-10-33)40-25-27-42(52-40)48(43-29-30-45(49)54-43)35-17-15-32(16-18-35)31-13-8-14-31/h2-7,9-12,15-24,26,28-31,50-51,54H,8,13-14,25,27H2,1H3. The van der Waals surface area contributed by atoms with Crippen LogP contribution in [0.4, 0.5) is 5.69 Å². The SMILES string of the molecule is CNc1ccc(-c2c3nc(c(-c4ccccc4)c4ccc([nH]4)c(-c4ccccc4)c4nc(c(-c5ccc(C6CCC6)cc5)c5ccc2[nH]5)CC4)C=C3)cc1. The second-order valence-corrected chi connectivity index (χ2v) is 14.6. The number of anilines is 1. The number of fused-ring (bicyclic) bond motifs is 8. The average molecular weight is 700 g/mol. The molecule has 8 bridgehead atoms. The monoisotopic (exact) mass is 699 g/mol. The minimum Gasteiger partial charge on any atom is -0.388 e. The summed E-state index contributed by atoms with van der Waals surface area (Å²) in [7, 11) is 1.95. The first kappa shape index (κ1) is 32.2. The van der Waals surface area contributed by atoms with Crippen molar-refractivity contribution in [2.24, 2.45) is 0 Å². The molecule has 54 heavy (non-hydrogen) atoms. The predicted octanol–water partition coefficient (Wildman–Crippen LogP) is 12.2. The maximum absolute atomic E-state index is 5.56. The molecule has 0 amide bonds. The van der Waals surface area contributed by atoms with Gasteiger partial charge in [0.05, 0.1) is 22.8 Å². The Bertz CT molecular complexity index is 2700. The van der Waals surface area contributed by atoms with Gasteiger partial charge in [0.15, 0.2) is 0 Å². The van der Waals surface area contributed by atoms with Crippen molar-refractivity contribution >= 4 is 39.9 Å². The molecule has 0 atom stereocenters. The van der Waals surface area contributed by atoms with Crippen LogP contribution in [0.25, 0.3) is 78.7 Å². The minimum atomic E-state index is 0.684. The number of aryl methyl sites for hydroxylation is 2. The van der Waals surface area contributed by atoms with Crippen molar-refractivity contribution in [1.29, 1.82) is 0 Å². The minimum absolute atomic E-state index is 0.684. The first-order chi connectivity index (χ1) is 26.7. The summed E-state index contributed by atoms with van der Waals surface area (Å²) in [5.41, 5.74) is 19.6. The largest absolute Gasteiger partial charge is 0.388 e. The fourth-order valence-corrected chi connectivity index (χ4v) is 8.40. The maximum Gasteiger partial charge on any atom is 0.0737 e. The van der Waals surface area contributed by atoms with Crippen molar-refractivity contribution in [2.75, 3.05) is 12.4 Å². The molecule has 2 aliphatic heterocycles. The van der Waals surface area contributed by atoms with Gasteiger partial charge in [-0.1, -0.05) is 103 Å². The lowest BCUT2D eigenvalue weighted by Crippen LogP contribution is -2.08. The smallest absolute Gasteiger partial charge is 0.0737 e. The highest BCUT2D eigenvalue weighted by Gasteiger charge is 2.22. The van der Waals surface area contributed by atoms with Crippen LogP contribution in [0.15, 0.2) is 133 Å². The number of benzene rings is 4. The van der Waals surface area contributed by atoms with Crippen LogP contribution >= 0.6 is 0 Å². The summed E-state index contributed by atoms with van der Waals surface area (Å²) < 4.78 is 0. The number of nitrogens with one attached hydrogen (secondary N) is 3. The van der Waals surface area contributed by atoms with Crippen molar-refractivity contribution in [1.82, 2.24) is 19.9 Å². The third-order valence-electron chi connectivity index (χ3n) is 11.4. The van der Waals surface area contributed by atoms with Gasteiger partial charge in [-0.05, 0) is 108 Å². The van der Waals surface area contributed by atoms with Gasteiger partial charge in [-0.3, -0.25) is 4.98 Å². The summed E-state index contributed by atoms with van der Waals surface area (Å²) in [6, 6.07) is 48.1. The predicted molar refractivity (Wildman–Crippen MR) is 225 cm³/mol. The van der Waals surface area contributed by atoms with Gasteiger partial charge in [0, 0.05) is 57.1 Å². The normalized spacial score (nSPS) is 13.9. The van der Waals surface area contributed by atoms with E-state index in [0.29, 0.717) is 5.92 Å². The molecule has 4 aromatic carbocycles. The van der Waals surface area contributed by atoms with Gasteiger partial charge in [0.1, 0.15) is 0 Å². The maximum atomic E-state index is 5.56. The molecule has 7 aromatic rings. The molecule has 0 saturated heterocycles. The molecule has 0 unspecified atom stereocenters. The molecule has 5 nitrogen and oxygen atoms in total. The first-order valence-electron chi connectivity index (χ1n) is 19.2. The molecule has 5 heteroatoms. The third kappa shape index (κ3) is 5.73. The van der Waals surface area contributed by atoms with Gasteiger partial charge >= 0.3 is 0 Å². The molecule has 3 aromatic heterocycles. The van der Waals surface area contributed by atoms with Gasteiger partial charge in [0.25, 0.3) is 0 Å². The highest BCUT2D eigenvalue weighted by Crippen LogP contribution is 2.40. The van der Waals surface area contributed by atoms with Crippen LogP contribution in [0, 0.1) is 0 Å². The van der Waals surface area contributed by atoms with E-state index in [9.17, 15) is 0 Å². The molecule has 1 aliphatic carbocycles. The number of rotatable bonds is 6. The van der Waals surface area contributed by atoms with E-state index in [1.54, 1.807) is 0 Å². The molecule has 262 valence electrons. The number of H-pyrrole nitrogens is 2. The molecular formula is C49H41N5. The van der Waals surface area contributed by atoms with E-state index in [2.05, 4.69) is 161 Å². The Morgan fingerprint density at radius 1 is 0.481 bits per heavy atom. The number of aromatic nitrogens is 4. The molecule has 0 radical (unpaired) electrons. The Morgan fingerprint density at radius 3 is 1.41 bits per heavy atom. The van der Waals surface area contributed by atoms with Crippen LogP contribution < -0.4 is 5.32 Å². The number of aromatic amines is 2. The molecule has 3 N–H and O–H groups in total. The zero-order valence-electron chi connectivity index (χ0n) is 30.4. The Hall–Kier alpha value is -6.46. The van der Waals surface area contributed by atoms with E-state index in [1.807, 2.05) is 7.05 Å². The van der Waals surface area contributed by atoms with Crippen molar-refractivity contribution in [2.45, 2.75) is 38.0 Å². The van der Waals surface area contributed by atoms with Crippen molar-refractivity contribution in [3.63, 3.8) is 0 Å². The average Bonchev–Trinajstić information content (AvgIpc) is 4.04. The third-order valence-corrected chi connectivity index (χ3v) is 11.4. The highest BCUT2D eigenvalue weighted by molar-refractivity contribution is 5.97. The Labute approximate surface area is 315 Å². The Morgan fingerprint density at radius 2 is 0.926 bits per heavy atom. The van der Waals surface area contributed by atoms with Crippen LogP contribution in [0.2, 0.25) is 0 Å². The Balaban J connectivity index is 1.33. The van der Waals surface area contributed by atoms with Crippen molar-refractivity contribution in [3.05, 3.63) is 162 Å². The first-order valence-corrected chi connectivity index (χ1v) is 19.2. The van der Waals surface area contributed by atoms with Crippen LogP contribution in [-0.4, -0.2) is 27.0 Å². The van der Waals surface area contributed by atoms with E-state index in [-0.39, 0.29) is 0 Å². The summed E-state index contributed by atoms with van der Waals surface area (Å²) in [6.45, 7) is 0. The Kier molecular flexibility index (Phi) is 8.06. The second kappa shape index (κ2) is 13.5. The highest BCUT2D eigenvalue weighted by atomic mass is 14.8. The van der Waals surface area contributed by atoms with Crippen LogP contribution in [0.5, 0.6) is 0 Å². The lowest BCUT2D eigenvalue weighted by Gasteiger charge is -2.25. The van der Waals surface area contributed by atoms with E-state index in [0.717, 1.165) is 102 Å². The fourth-order valence-electron chi connectivity index (χ4n) is 8.40. The summed E-state index contributed by atoms with van der Waals surface area (Å²) in [6.07, 6.45) is 9.93. The van der Waals surface area contributed by atoms with E-state index < -0.39 is 0 Å². The van der Waals surface area contributed by atoms with Gasteiger partial charge in [0.2, 0.25) is 0 Å². The number of nitrogens with zero attached hydrogens (tertiary/aromatic N) is 2. The summed E-state index contributed by atoms with van der Waals surface area (Å²) >= 11 is 0. The summed E-state index contributed by atoms with van der Waals surface area (Å²) in [5, 5.41) is 3.27. The van der Waals surface area contributed by atoms with E-state index in [4.69, 9.17) is 9.97 Å². The zero-order valence-corrected chi connectivity index (χ0v) is 30.4. The molecule has 1 fully saturated rings. The van der Waals surface area contributed by atoms with E-state index >= 15 is 0 Å². The molecule has 10 rings (SSSR count). The lowest BCUT2D eigenvalue weighted by molar-refractivity contribution is 0.420.